The minimum Gasteiger partial charge on any atom is -0.387 e. The van der Waals surface area contributed by atoms with Crippen LogP contribution in [0.15, 0.2) is 12.4 Å². The summed E-state index contributed by atoms with van der Waals surface area (Å²) in [5.74, 6) is 2.29. The maximum Gasteiger partial charge on any atom is 0.146 e. The molecular weight excluding hydrogens is 294 g/mol. The summed E-state index contributed by atoms with van der Waals surface area (Å²) < 4.78 is 3.76. The molecule has 0 aromatic carbocycles. The van der Waals surface area contributed by atoms with Crippen molar-refractivity contribution in [2.45, 2.75) is 51.3 Å². The molecule has 2 aromatic rings. The standard InChI is InChI=1S/C15H25N7O/c1-12(2)14-18-17-13(20(14)3)9-21-7-4-5-15(23,10-21)11-22-8-6-16-19-22/h6,8,12,23H,4-5,7,9-11H2,1-3H3. The molecule has 0 bridgehead atoms. The second kappa shape index (κ2) is 6.37. The minimum absolute atomic E-state index is 0.354. The predicted octanol–water partition coefficient (Wildman–Crippen LogP) is 0.557. The van der Waals surface area contributed by atoms with Gasteiger partial charge in [0.15, 0.2) is 0 Å². The van der Waals surface area contributed by atoms with Crippen LogP contribution in [0.4, 0.5) is 0 Å². The highest BCUT2D eigenvalue weighted by Crippen LogP contribution is 2.24. The third kappa shape index (κ3) is 3.59. The second-order valence-corrected chi connectivity index (χ2v) is 6.83. The molecule has 3 rings (SSSR count). The second-order valence-electron chi connectivity index (χ2n) is 6.83. The van der Waals surface area contributed by atoms with Crippen molar-refractivity contribution in [3.05, 3.63) is 24.0 Å². The van der Waals surface area contributed by atoms with Crippen LogP contribution in [0.2, 0.25) is 0 Å². The van der Waals surface area contributed by atoms with Crippen LogP contribution in [-0.4, -0.2) is 58.5 Å². The van der Waals surface area contributed by atoms with Crippen molar-refractivity contribution in [3.63, 3.8) is 0 Å². The van der Waals surface area contributed by atoms with E-state index >= 15 is 0 Å². The Bertz CT molecular complexity index is 636. The summed E-state index contributed by atoms with van der Waals surface area (Å²) in [7, 11) is 2.01. The molecule has 1 saturated heterocycles. The third-order valence-corrected chi connectivity index (χ3v) is 4.44. The van der Waals surface area contributed by atoms with E-state index in [1.807, 2.05) is 7.05 Å². The van der Waals surface area contributed by atoms with Gasteiger partial charge in [0.05, 0.1) is 24.9 Å². The summed E-state index contributed by atoms with van der Waals surface area (Å²) in [6, 6.07) is 0. The van der Waals surface area contributed by atoms with E-state index in [1.165, 1.54) is 0 Å². The Morgan fingerprint density at radius 1 is 1.35 bits per heavy atom. The molecule has 8 nitrogen and oxygen atoms in total. The van der Waals surface area contributed by atoms with Gasteiger partial charge in [-0.1, -0.05) is 19.1 Å². The molecule has 1 aliphatic rings. The fraction of sp³-hybridized carbons (Fsp3) is 0.733. The number of piperidine rings is 1. The largest absolute Gasteiger partial charge is 0.387 e. The molecule has 1 unspecified atom stereocenters. The summed E-state index contributed by atoms with van der Waals surface area (Å²) in [5.41, 5.74) is -0.772. The van der Waals surface area contributed by atoms with Crippen LogP contribution in [-0.2, 0) is 20.1 Å². The van der Waals surface area contributed by atoms with E-state index in [2.05, 4.69) is 43.8 Å². The van der Waals surface area contributed by atoms with Crippen molar-refractivity contribution < 1.29 is 5.11 Å². The minimum atomic E-state index is -0.772. The molecule has 0 amide bonds. The number of likely N-dealkylation sites (tertiary alicyclic amines) is 1. The van der Waals surface area contributed by atoms with Gasteiger partial charge in [-0.2, -0.15) is 0 Å². The molecule has 8 heteroatoms. The van der Waals surface area contributed by atoms with E-state index in [1.54, 1.807) is 17.1 Å². The Morgan fingerprint density at radius 2 is 2.17 bits per heavy atom. The maximum atomic E-state index is 10.9. The van der Waals surface area contributed by atoms with E-state index in [0.717, 1.165) is 31.0 Å². The lowest BCUT2D eigenvalue weighted by Gasteiger charge is -2.38. The SMILES string of the molecule is CC(C)c1nnc(CN2CCCC(O)(Cn3ccnn3)C2)n1C. The van der Waals surface area contributed by atoms with Gasteiger partial charge in [-0.15, -0.1) is 15.3 Å². The topological polar surface area (TPSA) is 84.9 Å². The molecule has 1 atom stereocenters. The van der Waals surface area contributed by atoms with Crippen LogP contribution >= 0.6 is 0 Å². The predicted molar refractivity (Wildman–Crippen MR) is 84.6 cm³/mol. The van der Waals surface area contributed by atoms with Crippen molar-refractivity contribution in [2.24, 2.45) is 7.05 Å². The van der Waals surface area contributed by atoms with Gasteiger partial charge in [-0.3, -0.25) is 4.90 Å². The van der Waals surface area contributed by atoms with Crippen molar-refractivity contribution in [1.82, 2.24) is 34.7 Å². The van der Waals surface area contributed by atoms with E-state index in [-0.39, 0.29) is 0 Å². The number of nitrogens with zero attached hydrogens (tertiary/aromatic N) is 7. The summed E-state index contributed by atoms with van der Waals surface area (Å²) in [6.45, 7) is 6.98. The van der Waals surface area contributed by atoms with Crippen molar-refractivity contribution in [2.75, 3.05) is 13.1 Å². The fourth-order valence-electron chi connectivity index (χ4n) is 3.30. The molecular formula is C15H25N7O. The van der Waals surface area contributed by atoms with Crippen LogP contribution < -0.4 is 0 Å². The van der Waals surface area contributed by atoms with E-state index in [0.29, 0.717) is 25.6 Å². The Morgan fingerprint density at radius 3 is 2.83 bits per heavy atom. The van der Waals surface area contributed by atoms with E-state index < -0.39 is 5.60 Å². The summed E-state index contributed by atoms with van der Waals surface area (Å²) >= 11 is 0. The number of rotatable bonds is 5. The number of hydrogen-bond acceptors (Lipinski definition) is 6. The molecule has 2 aromatic heterocycles. The molecule has 0 radical (unpaired) electrons. The zero-order valence-corrected chi connectivity index (χ0v) is 14.1. The zero-order chi connectivity index (χ0) is 16.4. The average molecular weight is 319 g/mol. The van der Waals surface area contributed by atoms with Crippen LogP contribution in [0, 0.1) is 0 Å². The lowest BCUT2D eigenvalue weighted by Crippen LogP contribution is -2.50. The van der Waals surface area contributed by atoms with Crippen LogP contribution in [0.25, 0.3) is 0 Å². The smallest absolute Gasteiger partial charge is 0.146 e. The number of aromatic nitrogens is 6. The number of β-amino-alcohol motifs (C(OH)–C–C–N with tert-alkyl or cyclic N) is 1. The van der Waals surface area contributed by atoms with E-state index in [9.17, 15) is 5.11 Å². The van der Waals surface area contributed by atoms with Crippen LogP contribution in [0.1, 0.15) is 44.3 Å². The molecule has 1 aliphatic heterocycles. The molecule has 0 aliphatic carbocycles. The highest BCUT2D eigenvalue weighted by Gasteiger charge is 2.34. The van der Waals surface area contributed by atoms with Gasteiger partial charge in [0, 0.05) is 25.7 Å². The van der Waals surface area contributed by atoms with E-state index in [4.69, 9.17) is 0 Å². The number of hydrogen-bond donors (Lipinski definition) is 1. The molecule has 126 valence electrons. The van der Waals surface area contributed by atoms with Gasteiger partial charge >= 0.3 is 0 Å². The van der Waals surface area contributed by atoms with Gasteiger partial charge in [0.25, 0.3) is 0 Å². The Labute approximate surface area is 136 Å². The van der Waals surface area contributed by atoms with Gasteiger partial charge < -0.3 is 9.67 Å². The first kappa shape index (κ1) is 16.1. The fourth-order valence-corrected chi connectivity index (χ4v) is 3.30. The Kier molecular flexibility index (Phi) is 4.45. The van der Waals surface area contributed by atoms with Gasteiger partial charge in [0.2, 0.25) is 0 Å². The van der Waals surface area contributed by atoms with Crippen molar-refractivity contribution in [1.29, 1.82) is 0 Å². The molecule has 3 heterocycles. The Balaban J connectivity index is 1.67. The maximum absolute atomic E-state index is 10.9. The monoisotopic (exact) mass is 319 g/mol. The highest BCUT2D eigenvalue weighted by atomic mass is 16.3. The highest BCUT2D eigenvalue weighted by molar-refractivity contribution is 5.00. The first-order valence-corrected chi connectivity index (χ1v) is 8.14. The van der Waals surface area contributed by atoms with Gasteiger partial charge in [0.1, 0.15) is 11.6 Å². The van der Waals surface area contributed by atoms with Crippen molar-refractivity contribution in [3.8, 4) is 0 Å². The lowest BCUT2D eigenvalue weighted by molar-refractivity contribution is -0.0486. The average Bonchev–Trinajstić information content (AvgIpc) is 3.09. The molecule has 23 heavy (non-hydrogen) atoms. The molecule has 0 spiro atoms. The molecule has 0 saturated carbocycles. The first-order valence-electron chi connectivity index (χ1n) is 8.14. The van der Waals surface area contributed by atoms with Gasteiger partial charge in [-0.05, 0) is 19.4 Å². The third-order valence-electron chi connectivity index (χ3n) is 4.44. The first-order chi connectivity index (χ1) is 11.0. The van der Waals surface area contributed by atoms with Crippen LogP contribution in [0.5, 0.6) is 0 Å². The number of aliphatic hydroxyl groups is 1. The summed E-state index contributed by atoms with van der Waals surface area (Å²) in [6.07, 6.45) is 5.16. The quantitative estimate of drug-likeness (QED) is 0.867. The lowest BCUT2D eigenvalue weighted by atomic mass is 9.93. The Hall–Kier alpha value is -1.80. The van der Waals surface area contributed by atoms with Crippen molar-refractivity contribution >= 4 is 0 Å². The molecule has 1 N–H and O–H groups in total. The normalized spacial score (nSPS) is 22.8. The van der Waals surface area contributed by atoms with Crippen LogP contribution in [0.3, 0.4) is 0 Å². The summed E-state index contributed by atoms with van der Waals surface area (Å²) in [4.78, 5) is 2.24. The molecule has 1 fully saturated rings. The zero-order valence-electron chi connectivity index (χ0n) is 14.1. The van der Waals surface area contributed by atoms with Gasteiger partial charge in [-0.25, -0.2) is 4.68 Å². The summed E-state index contributed by atoms with van der Waals surface area (Å²) in [5, 5.41) is 27.2.